The van der Waals surface area contributed by atoms with Crippen molar-refractivity contribution in [3.05, 3.63) is 47.8 Å². The molecule has 1 aliphatic carbocycles. The van der Waals surface area contributed by atoms with Crippen molar-refractivity contribution >= 4 is 28.3 Å². The van der Waals surface area contributed by atoms with E-state index >= 15 is 0 Å². The average Bonchev–Trinajstić information content (AvgIpc) is 3.46. The third kappa shape index (κ3) is 3.33. The van der Waals surface area contributed by atoms with Gasteiger partial charge in [-0.25, -0.2) is 4.98 Å². The second kappa shape index (κ2) is 6.91. The number of nitrogens with zero attached hydrogens (tertiary/aromatic N) is 3. The third-order valence-corrected chi connectivity index (χ3v) is 5.48. The van der Waals surface area contributed by atoms with Crippen LogP contribution in [-0.4, -0.2) is 51.7 Å². The number of amides is 1. The lowest BCUT2D eigenvalue weighted by molar-refractivity contribution is 0.0703. The first-order chi connectivity index (χ1) is 13.7. The maximum Gasteiger partial charge on any atom is 0.272 e. The molecule has 1 amide bonds. The fourth-order valence-corrected chi connectivity index (χ4v) is 3.81. The van der Waals surface area contributed by atoms with Crippen LogP contribution >= 0.6 is 0 Å². The van der Waals surface area contributed by atoms with Gasteiger partial charge in [0.2, 0.25) is 0 Å². The number of piperazine rings is 1. The first-order valence-corrected chi connectivity index (χ1v) is 9.92. The van der Waals surface area contributed by atoms with Crippen LogP contribution in [0.4, 0.5) is 11.6 Å². The van der Waals surface area contributed by atoms with Gasteiger partial charge in [-0.1, -0.05) is 24.3 Å². The Balaban J connectivity index is 1.49. The Bertz CT molecular complexity index is 1020. The van der Waals surface area contributed by atoms with Crippen LogP contribution in [0.25, 0.3) is 10.8 Å². The fraction of sp³-hybridized carbons (Fsp3) is 0.381. The molecule has 1 saturated heterocycles. The molecule has 0 unspecified atom stereocenters. The van der Waals surface area contributed by atoms with E-state index in [2.05, 4.69) is 32.7 Å². The number of aromatic nitrogens is 3. The molecular weight excluding hydrogens is 352 g/mol. The molecule has 5 rings (SSSR count). The summed E-state index contributed by atoms with van der Waals surface area (Å²) in [7, 11) is 0. The standard InChI is InChI=1S/C21H24N6O/c1-13-12-27(9-8-22-13)21(28)18-10-15-4-2-3-5-16(15)20(23-18)24-19-11-17(25-26-19)14-6-7-14/h2-5,10-11,13-14,22H,6-9,12H2,1H3,(H2,23,24,25,26)/t13-/m1/s1. The molecule has 0 bridgehead atoms. The lowest BCUT2D eigenvalue weighted by Crippen LogP contribution is -2.51. The number of fused-ring (bicyclic) bond motifs is 1. The molecule has 1 aromatic carbocycles. The molecule has 3 aromatic rings. The second-order valence-electron chi connectivity index (χ2n) is 7.79. The molecule has 1 aliphatic heterocycles. The van der Waals surface area contributed by atoms with Gasteiger partial charge >= 0.3 is 0 Å². The van der Waals surface area contributed by atoms with Gasteiger partial charge in [-0.05, 0) is 31.2 Å². The quantitative estimate of drug-likeness (QED) is 0.652. The number of carbonyl (C=O) groups is 1. The molecule has 28 heavy (non-hydrogen) atoms. The molecule has 1 atom stereocenters. The Morgan fingerprint density at radius 3 is 2.93 bits per heavy atom. The van der Waals surface area contributed by atoms with Crippen LogP contribution < -0.4 is 10.6 Å². The van der Waals surface area contributed by atoms with E-state index in [1.807, 2.05) is 41.3 Å². The predicted octanol–water partition coefficient (Wildman–Crippen LogP) is 3.01. The van der Waals surface area contributed by atoms with Crippen molar-refractivity contribution in [2.75, 3.05) is 25.0 Å². The van der Waals surface area contributed by atoms with Crippen molar-refractivity contribution in [3.63, 3.8) is 0 Å². The van der Waals surface area contributed by atoms with E-state index in [-0.39, 0.29) is 5.91 Å². The van der Waals surface area contributed by atoms with E-state index in [1.165, 1.54) is 12.8 Å². The number of hydrogen-bond donors (Lipinski definition) is 3. The summed E-state index contributed by atoms with van der Waals surface area (Å²) in [5.74, 6) is 1.98. The molecular formula is C21H24N6O. The van der Waals surface area contributed by atoms with Crippen molar-refractivity contribution in [2.45, 2.75) is 31.7 Å². The number of anilines is 2. The minimum Gasteiger partial charge on any atom is -0.334 e. The SMILES string of the molecule is C[C@@H]1CN(C(=O)c2cc3ccccc3c(Nc3cc(C4CC4)[nH]n3)n2)CCN1. The summed E-state index contributed by atoms with van der Waals surface area (Å²) in [6.45, 7) is 4.29. The zero-order chi connectivity index (χ0) is 19.1. The first kappa shape index (κ1) is 17.2. The van der Waals surface area contributed by atoms with Crippen molar-refractivity contribution in [3.8, 4) is 0 Å². The minimum absolute atomic E-state index is 0.0251. The number of benzene rings is 1. The smallest absolute Gasteiger partial charge is 0.272 e. The highest BCUT2D eigenvalue weighted by atomic mass is 16.2. The molecule has 2 aliphatic rings. The highest BCUT2D eigenvalue weighted by Crippen LogP contribution is 2.39. The van der Waals surface area contributed by atoms with Crippen molar-refractivity contribution < 1.29 is 4.79 Å². The van der Waals surface area contributed by atoms with Gasteiger partial charge in [0.1, 0.15) is 11.5 Å². The minimum atomic E-state index is -0.0251. The van der Waals surface area contributed by atoms with E-state index in [1.54, 1.807) is 0 Å². The summed E-state index contributed by atoms with van der Waals surface area (Å²) >= 11 is 0. The monoisotopic (exact) mass is 376 g/mol. The van der Waals surface area contributed by atoms with Crippen molar-refractivity contribution in [2.24, 2.45) is 0 Å². The highest BCUT2D eigenvalue weighted by Gasteiger charge is 2.26. The molecule has 0 spiro atoms. The summed E-state index contributed by atoms with van der Waals surface area (Å²) in [5, 5.41) is 16.1. The van der Waals surface area contributed by atoms with Crippen LogP contribution in [0.1, 0.15) is 41.9 Å². The van der Waals surface area contributed by atoms with Gasteiger partial charge in [0.05, 0.1) is 0 Å². The summed E-state index contributed by atoms with van der Waals surface area (Å²) in [5.41, 5.74) is 1.63. The Morgan fingerprint density at radius 1 is 1.25 bits per heavy atom. The number of nitrogens with one attached hydrogen (secondary N) is 3. The summed E-state index contributed by atoms with van der Waals surface area (Å²) in [6, 6.07) is 12.2. The molecule has 1 saturated carbocycles. The molecule has 0 radical (unpaired) electrons. The van der Waals surface area contributed by atoms with Crippen LogP contribution in [0, 0.1) is 0 Å². The number of H-pyrrole nitrogens is 1. The Morgan fingerprint density at radius 2 is 2.11 bits per heavy atom. The second-order valence-corrected chi connectivity index (χ2v) is 7.79. The average molecular weight is 376 g/mol. The number of aromatic amines is 1. The van der Waals surface area contributed by atoms with Gasteiger partial charge in [-0.3, -0.25) is 9.89 Å². The lowest BCUT2D eigenvalue weighted by Gasteiger charge is -2.31. The van der Waals surface area contributed by atoms with E-state index in [0.717, 1.165) is 28.8 Å². The van der Waals surface area contributed by atoms with Gasteiger partial charge in [0, 0.05) is 48.7 Å². The van der Waals surface area contributed by atoms with Crippen LogP contribution in [0.3, 0.4) is 0 Å². The van der Waals surface area contributed by atoms with Crippen LogP contribution in [-0.2, 0) is 0 Å². The highest BCUT2D eigenvalue weighted by molar-refractivity contribution is 6.01. The Labute approximate surface area is 163 Å². The van der Waals surface area contributed by atoms with E-state index < -0.39 is 0 Å². The topological polar surface area (TPSA) is 85.9 Å². The van der Waals surface area contributed by atoms with E-state index in [4.69, 9.17) is 0 Å². The third-order valence-electron chi connectivity index (χ3n) is 5.48. The van der Waals surface area contributed by atoms with Gasteiger partial charge in [0.25, 0.3) is 5.91 Å². The summed E-state index contributed by atoms with van der Waals surface area (Å²) < 4.78 is 0. The molecule has 7 heteroatoms. The van der Waals surface area contributed by atoms with Crippen LogP contribution in [0.5, 0.6) is 0 Å². The zero-order valence-corrected chi connectivity index (χ0v) is 15.9. The maximum absolute atomic E-state index is 13.1. The molecule has 7 nitrogen and oxygen atoms in total. The van der Waals surface area contributed by atoms with Gasteiger partial charge in [-0.2, -0.15) is 5.10 Å². The normalized spacial score (nSPS) is 19.8. The maximum atomic E-state index is 13.1. The predicted molar refractivity (Wildman–Crippen MR) is 109 cm³/mol. The van der Waals surface area contributed by atoms with Crippen molar-refractivity contribution in [1.82, 2.24) is 25.4 Å². The number of carbonyl (C=O) groups excluding carboxylic acids is 1. The largest absolute Gasteiger partial charge is 0.334 e. The Kier molecular flexibility index (Phi) is 4.24. The Hall–Kier alpha value is -2.93. The molecule has 3 N–H and O–H groups in total. The summed E-state index contributed by atoms with van der Waals surface area (Å²) in [4.78, 5) is 19.6. The van der Waals surface area contributed by atoms with E-state index in [0.29, 0.717) is 36.6 Å². The van der Waals surface area contributed by atoms with E-state index in [9.17, 15) is 4.79 Å². The lowest BCUT2D eigenvalue weighted by atomic mass is 10.1. The van der Waals surface area contributed by atoms with Gasteiger partial charge in [0.15, 0.2) is 5.82 Å². The summed E-state index contributed by atoms with van der Waals surface area (Å²) in [6.07, 6.45) is 2.44. The van der Waals surface area contributed by atoms with Crippen molar-refractivity contribution in [1.29, 1.82) is 0 Å². The molecule has 3 heterocycles. The zero-order valence-electron chi connectivity index (χ0n) is 15.9. The van der Waals surface area contributed by atoms with Crippen LogP contribution in [0.2, 0.25) is 0 Å². The molecule has 2 aromatic heterocycles. The number of rotatable bonds is 4. The van der Waals surface area contributed by atoms with Gasteiger partial charge < -0.3 is 15.5 Å². The first-order valence-electron chi connectivity index (χ1n) is 9.92. The molecule has 2 fully saturated rings. The molecule has 144 valence electrons. The van der Waals surface area contributed by atoms with Crippen LogP contribution in [0.15, 0.2) is 36.4 Å². The fourth-order valence-electron chi connectivity index (χ4n) is 3.81. The number of pyridine rings is 1. The number of hydrogen-bond acceptors (Lipinski definition) is 5. The van der Waals surface area contributed by atoms with Gasteiger partial charge in [-0.15, -0.1) is 0 Å².